The number of aliphatic carboxylic acids is 1. The van der Waals surface area contributed by atoms with Crippen molar-refractivity contribution in [3.05, 3.63) is 29.8 Å². The van der Waals surface area contributed by atoms with Crippen LogP contribution in [0.1, 0.15) is 32.3 Å². The summed E-state index contributed by atoms with van der Waals surface area (Å²) in [5.74, 6) is 0.156. The zero-order chi connectivity index (χ0) is 15.0. The van der Waals surface area contributed by atoms with Crippen molar-refractivity contribution in [3.63, 3.8) is 0 Å². The number of carboxylic acids is 1. The largest absolute Gasteiger partial charge is 0.494 e. The van der Waals surface area contributed by atoms with Gasteiger partial charge >= 0.3 is 5.97 Å². The molecule has 0 aliphatic carbocycles. The first-order chi connectivity index (χ1) is 9.52. The van der Waals surface area contributed by atoms with Crippen molar-refractivity contribution in [3.8, 4) is 5.75 Å². The van der Waals surface area contributed by atoms with Crippen LogP contribution >= 0.6 is 0 Å². The summed E-state index contributed by atoms with van der Waals surface area (Å²) in [5, 5.41) is 8.71. The molecule has 20 heavy (non-hydrogen) atoms. The topological polar surface area (TPSA) is 49.8 Å². The van der Waals surface area contributed by atoms with Gasteiger partial charge in [-0.2, -0.15) is 0 Å². The summed E-state index contributed by atoms with van der Waals surface area (Å²) in [6.45, 7) is 5.50. The van der Waals surface area contributed by atoms with Crippen LogP contribution in [0.5, 0.6) is 5.75 Å². The molecule has 1 atom stereocenters. The lowest BCUT2D eigenvalue weighted by Gasteiger charge is -2.24. The third-order valence-corrected chi connectivity index (χ3v) is 3.33. The number of carboxylic acid groups (broad SMARTS) is 1. The van der Waals surface area contributed by atoms with Gasteiger partial charge in [-0.15, -0.1) is 0 Å². The van der Waals surface area contributed by atoms with E-state index in [2.05, 4.69) is 30.9 Å². The van der Waals surface area contributed by atoms with Gasteiger partial charge in [0.1, 0.15) is 5.75 Å². The van der Waals surface area contributed by atoms with E-state index in [0.29, 0.717) is 12.6 Å². The maximum Gasteiger partial charge on any atom is 0.304 e. The van der Waals surface area contributed by atoms with Crippen LogP contribution in [0.3, 0.4) is 0 Å². The SMILES string of the molecule is CCCOc1cccc(CC(C)N(C)CCC(=O)O)c1. The van der Waals surface area contributed by atoms with E-state index in [0.717, 1.165) is 25.2 Å². The second kappa shape index (κ2) is 8.59. The predicted octanol–water partition coefficient (Wildman–Crippen LogP) is 2.81. The Labute approximate surface area is 121 Å². The summed E-state index contributed by atoms with van der Waals surface area (Å²) < 4.78 is 5.63. The minimum Gasteiger partial charge on any atom is -0.494 e. The number of ether oxygens (including phenoxy) is 1. The predicted molar refractivity (Wildman–Crippen MR) is 80.3 cm³/mol. The van der Waals surface area contributed by atoms with E-state index in [9.17, 15) is 4.79 Å². The molecule has 112 valence electrons. The number of benzene rings is 1. The highest BCUT2D eigenvalue weighted by molar-refractivity contribution is 5.66. The van der Waals surface area contributed by atoms with Gasteiger partial charge < -0.3 is 14.7 Å². The van der Waals surface area contributed by atoms with Crippen LogP contribution in [-0.4, -0.2) is 42.2 Å². The Hall–Kier alpha value is -1.55. The highest BCUT2D eigenvalue weighted by Crippen LogP contribution is 2.16. The number of nitrogens with zero attached hydrogens (tertiary/aromatic N) is 1. The summed E-state index contributed by atoms with van der Waals surface area (Å²) in [6.07, 6.45) is 2.07. The molecular weight excluding hydrogens is 254 g/mol. The molecule has 0 heterocycles. The second-order valence-electron chi connectivity index (χ2n) is 5.17. The molecule has 4 heteroatoms. The van der Waals surface area contributed by atoms with Gasteiger partial charge in [-0.3, -0.25) is 4.79 Å². The maximum absolute atomic E-state index is 10.6. The van der Waals surface area contributed by atoms with Gasteiger partial charge in [-0.25, -0.2) is 0 Å². The normalized spacial score (nSPS) is 12.4. The zero-order valence-corrected chi connectivity index (χ0v) is 12.6. The lowest BCUT2D eigenvalue weighted by molar-refractivity contribution is -0.137. The van der Waals surface area contributed by atoms with Crippen molar-refractivity contribution in [1.82, 2.24) is 4.90 Å². The number of hydrogen-bond donors (Lipinski definition) is 1. The molecule has 0 aliphatic heterocycles. The van der Waals surface area contributed by atoms with Gasteiger partial charge in [0.05, 0.1) is 13.0 Å². The molecule has 0 saturated carbocycles. The van der Waals surface area contributed by atoms with Gasteiger partial charge in [0.25, 0.3) is 0 Å². The van der Waals surface area contributed by atoms with Gasteiger partial charge in [-0.1, -0.05) is 19.1 Å². The molecule has 1 N–H and O–H groups in total. The first-order valence-corrected chi connectivity index (χ1v) is 7.16. The van der Waals surface area contributed by atoms with Crippen molar-refractivity contribution in [2.75, 3.05) is 20.2 Å². The van der Waals surface area contributed by atoms with Crippen molar-refractivity contribution in [2.24, 2.45) is 0 Å². The lowest BCUT2D eigenvalue weighted by atomic mass is 10.1. The molecular formula is C16H25NO3. The fraction of sp³-hybridized carbons (Fsp3) is 0.562. The average Bonchev–Trinajstić information content (AvgIpc) is 2.42. The van der Waals surface area contributed by atoms with Crippen LogP contribution in [-0.2, 0) is 11.2 Å². The van der Waals surface area contributed by atoms with E-state index in [4.69, 9.17) is 9.84 Å². The van der Waals surface area contributed by atoms with Crippen LogP contribution in [0.4, 0.5) is 0 Å². The Morgan fingerprint density at radius 2 is 2.20 bits per heavy atom. The molecule has 4 nitrogen and oxygen atoms in total. The average molecular weight is 279 g/mol. The summed E-state index contributed by atoms with van der Waals surface area (Å²) in [7, 11) is 1.96. The molecule has 0 fully saturated rings. The van der Waals surface area contributed by atoms with Gasteiger partial charge in [0.15, 0.2) is 0 Å². The van der Waals surface area contributed by atoms with Crippen molar-refractivity contribution >= 4 is 5.97 Å². The molecule has 1 unspecified atom stereocenters. The third-order valence-electron chi connectivity index (χ3n) is 3.33. The van der Waals surface area contributed by atoms with Crippen molar-refractivity contribution < 1.29 is 14.6 Å². The van der Waals surface area contributed by atoms with E-state index < -0.39 is 5.97 Å². The van der Waals surface area contributed by atoms with E-state index in [1.165, 1.54) is 5.56 Å². The molecule has 0 aliphatic rings. The van der Waals surface area contributed by atoms with Crippen LogP contribution in [0.15, 0.2) is 24.3 Å². The summed E-state index contributed by atoms with van der Waals surface area (Å²) >= 11 is 0. The van der Waals surface area contributed by atoms with Crippen LogP contribution in [0.25, 0.3) is 0 Å². The Morgan fingerprint density at radius 1 is 1.45 bits per heavy atom. The van der Waals surface area contributed by atoms with Gasteiger partial charge in [-0.05, 0) is 44.5 Å². The Morgan fingerprint density at radius 3 is 2.85 bits per heavy atom. The molecule has 1 aromatic rings. The second-order valence-corrected chi connectivity index (χ2v) is 5.17. The Kier molecular flexibility index (Phi) is 7.09. The molecule has 0 saturated heterocycles. The van der Waals surface area contributed by atoms with Crippen LogP contribution < -0.4 is 4.74 Å². The number of hydrogen-bond acceptors (Lipinski definition) is 3. The number of likely N-dealkylation sites (N-methyl/N-ethyl adjacent to an activating group) is 1. The van der Waals surface area contributed by atoms with Crippen LogP contribution in [0, 0.1) is 0 Å². The molecule has 0 radical (unpaired) electrons. The minimum atomic E-state index is -0.751. The standard InChI is InChI=1S/C16H25NO3/c1-4-10-20-15-7-5-6-14(12-15)11-13(2)17(3)9-8-16(18)19/h5-7,12-13H,4,8-11H2,1-3H3,(H,18,19). The lowest BCUT2D eigenvalue weighted by Crippen LogP contribution is -2.32. The molecule has 0 aromatic heterocycles. The Bertz CT molecular complexity index is 420. The Balaban J connectivity index is 2.51. The number of rotatable bonds is 9. The van der Waals surface area contributed by atoms with Crippen LogP contribution in [0.2, 0.25) is 0 Å². The molecule has 1 rings (SSSR count). The van der Waals surface area contributed by atoms with Crippen molar-refractivity contribution in [2.45, 2.75) is 39.2 Å². The van der Waals surface area contributed by atoms with Gasteiger partial charge in [0.2, 0.25) is 0 Å². The fourth-order valence-electron chi connectivity index (χ4n) is 1.97. The fourth-order valence-corrected chi connectivity index (χ4v) is 1.97. The minimum absolute atomic E-state index is 0.181. The first-order valence-electron chi connectivity index (χ1n) is 7.16. The van der Waals surface area contributed by atoms with E-state index in [1.807, 2.05) is 19.2 Å². The molecule has 0 amide bonds. The van der Waals surface area contributed by atoms with E-state index >= 15 is 0 Å². The molecule has 0 bridgehead atoms. The smallest absolute Gasteiger partial charge is 0.304 e. The maximum atomic E-state index is 10.6. The highest BCUT2D eigenvalue weighted by atomic mass is 16.5. The summed E-state index contributed by atoms with van der Waals surface area (Å²) in [4.78, 5) is 12.7. The van der Waals surface area contributed by atoms with Gasteiger partial charge in [0, 0.05) is 12.6 Å². The first kappa shape index (κ1) is 16.5. The van der Waals surface area contributed by atoms with Crippen molar-refractivity contribution in [1.29, 1.82) is 0 Å². The highest BCUT2D eigenvalue weighted by Gasteiger charge is 2.11. The molecule has 1 aromatic carbocycles. The van der Waals surface area contributed by atoms with E-state index in [1.54, 1.807) is 0 Å². The quantitative estimate of drug-likeness (QED) is 0.755. The van der Waals surface area contributed by atoms with E-state index in [-0.39, 0.29) is 6.42 Å². The summed E-state index contributed by atoms with van der Waals surface area (Å²) in [6, 6.07) is 8.43. The monoisotopic (exact) mass is 279 g/mol. The summed E-state index contributed by atoms with van der Waals surface area (Å²) in [5.41, 5.74) is 1.22. The molecule has 0 spiro atoms. The zero-order valence-electron chi connectivity index (χ0n) is 12.6. The number of carbonyl (C=O) groups is 1. The third kappa shape index (κ3) is 6.06.